The van der Waals surface area contributed by atoms with Gasteiger partial charge in [-0.05, 0) is 25.0 Å². The van der Waals surface area contributed by atoms with Crippen molar-refractivity contribution in [1.29, 1.82) is 0 Å². The second-order valence-corrected chi connectivity index (χ2v) is 6.25. The molecular weight excluding hydrogens is 322 g/mol. The van der Waals surface area contributed by atoms with Crippen LogP contribution in [0.3, 0.4) is 0 Å². The molecule has 2 rings (SSSR count). The number of urea groups is 1. The van der Waals surface area contributed by atoms with Gasteiger partial charge in [0.05, 0.1) is 6.54 Å². The number of nitrogens with one attached hydrogen (secondary N) is 1. The normalized spacial score (nSPS) is 14.7. The van der Waals surface area contributed by atoms with Gasteiger partial charge in [0.25, 0.3) is 5.91 Å². The van der Waals surface area contributed by atoms with Gasteiger partial charge in [-0.1, -0.05) is 6.07 Å². The predicted octanol–water partition coefficient (Wildman–Crippen LogP) is 0.336. The molecule has 0 radical (unpaired) electrons. The molecule has 8 nitrogen and oxygen atoms in total. The van der Waals surface area contributed by atoms with E-state index in [0.29, 0.717) is 38.3 Å². The topological polar surface area (TPSA) is 85.9 Å². The maximum atomic E-state index is 12.6. The van der Waals surface area contributed by atoms with Crippen molar-refractivity contribution in [3.05, 3.63) is 29.6 Å². The molecule has 0 unspecified atom stereocenters. The molecule has 8 heteroatoms. The fraction of sp³-hybridized carbons (Fsp3) is 0.529. The quantitative estimate of drug-likeness (QED) is 0.854. The molecule has 0 aliphatic carbocycles. The van der Waals surface area contributed by atoms with E-state index in [9.17, 15) is 14.4 Å². The van der Waals surface area contributed by atoms with Gasteiger partial charge in [-0.3, -0.25) is 14.6 Å². The lowest BCUT2D eigenvalue weighted by molar-refractivity contribution is -0.129. The average Bonchev–Trinajstić information content (AvgIpc) is 2.85. The van der Waals surface area contributed by atoms with Crippen LogP contribution in [0.5, 0.6) is 0 Å². The fourth-order valence-electron chi connectivity index (χ4n) is 2.65. The number of rotatable bonds is 3. The first kappa shape index (κ1) is 18.7. The van der Waals surface area contributed by atoms with Crippen molar-refractivity contribution in [3.8, 4) is 0 Å². The van der Waals surface area contributed by atoms with Gasteiger partial charge < -0.3 is 20.0 Å². The van der Waals surface area contributed by atoms with Crippen LogP contribution in [0.25, 0.3) is 0 Å². The second-order valence-electron chi connectivity index (χ2n) is 6.25. The number of pyridine rings is 1. The minimum absolute atomic E-state index is 0.0374. The molecule has 2 heterocycles. The highest BCUT2D eigenvalue weighted by Crippen LogP contribution is 2.11. The molecule has 0 bridgehead atoms. The smallest absolute Gasteiger partial charge is 0.317 e. The molecule has 4 amide bonds. The summed E-state index contributed by atoms with van der Waals surface area (Å²) in [7, 11) is 3.24. The number of carbonyl (C=O) groups is 3. The van der Waals surface area contributed by atoms with Gasteiger partial charge >= 0.3 is 6.03 Å². The van der Waals surface area contributed by atoms with Crippen LogP contribution in [0.4, 0.5) is 4.79 Å². The van der Waals surface area contributed by atoms with Gasteiger partial charge in [0.2, 0.25) is 5.91 Å². The standard InChI is InChI=1S/C17H25N5O3/c1-13-6-4-7-18-15(13)16(24)22-9-5-8-21(10-11-22)14(23)12-19-17(25)20(2)3/h4,6-7H,5,8-12H2,1-3H3,(H,19,25). The van der Waals surface area contributed by atoms with E-state index in [2.05, 4.69) is 10.3 Å². The summed E-state index contributed by atoms with van der Waals surface area (Å²) in [5.41, 5.74) is 1.30. The van der Waals surface area contributed by atoms with Crippen molar-refractivity contribution in [2.45, 2.75) is 13.3 Å². The number of aryl methyl sites for hydroxylation is 1. The van der Waals surface area contributed by atoms with Crippen LogP contribution in [-0.4, -0.2) is 84.3 Å². The van der Waals surface area contributed by atoms with E-state index in [1.807, 2.05) is 13.0 Å². The Hall–Kier alpha value is -2.64. The first-order chi connectivity index (χ1) is 11.9. The van der Waals surface area contributed by atoms with Crippen molar-refractivity contribution in [2.75, 3.05) is 46.8 Å². The highest BCUT2D eigenvalue weighted by molar-refractivity contribution is 5.93. The third-order valence-corrected chi connectivity index (χ3v) is 4.14. The third kappa shape index (κ3) is 4.91. The molecule has 1 aliphatic rings. The van der Waals surface area contributed by atoms with E-state index < -0.39 is 0 Å². The number of aromatic nitrogens is 1. The molecule has 1 saturated heterocycles. The maximum Gasteiger partial charge on any atom is 0.317 e. The van der Waals surface area contributed by atoms with Crippen molar-refractivity contribution < 1.29 is 14.4 Å². The summed E-state index contributed by atoms with van der Waals surface area (Å²) in [5, 5.41) is 2.57. The van der Waals surface area contributed by atoms with Crippen LogP contribution in [0.2, 0.25) is 0 Å². The Morgan fingerprint density at radius 1 is 1.16 bits per heavy atom. The number of hydrogen-bond donors (Lipinski definition) is 1. The molecule has 25 heavy (non-hydrogen) atoms. The summed E-state index contributed by atoms with van der Waals surface area (Å²) in [4.78, 5) is 45.4. The van der Waals surface area contributed by atoms with Crippen LogP contribution in [-0.2, 0) is 4.79 Å². The molecule has 0 saturated carbocycles. The molecule has 1 aromatic heterocycles. The summed E-state index contributed by atoms with van der Waals surface area (Å²) < 4.78 is 0. The van der Waals surface area contributed by atoms with Crippen LogP contribution >= 0.6 is 0 Å². The number of hydrogen-bond acceptors (Lipinski definition) is 4. The Bertz CT molecular complexity index is 647. The van der Waals surface area contributed by atoms with Gasteiger partial charge in [0.1, 0.15) is 5.69 Å². The van der Waals surface area contributed by atoms with E-state index in [4.69, 9.17) is 0 Å². The van der Waals surface area contributed by atoms with Gasteiger partial charge in [-0.25, -0.2) is 4.79 Å². The number of carbonyl (C=O) groups excluding carboxylic acids is 3. The van der Waals surface area contributed by atoms with E-state index >= 15 is 0 Å². The zero-order chi connectivity index (χ0) is 18.4. The first-order valence-electron chi connectivity index (χ1n) is 8.34. The molecule has 1 N–H and O–H groups in total. The maximum absolute atomic E-state index is 12.6. The largest absolute Gasteiger partial charge is 0.339 e. The van der Waals surface area contributed by atoms with E-state index in [-0.39, 0.29) is 24.4 Å². The highest BCUT2D eigenvalue weighted by atomic mass is 16.2. The SMILES string of the molecule is Cc1cccnc1C(=O)N1CCCN(C(=O)CNC(=O)N(C)C)CC1. The average molecular weight is 347 g/mol. The zero-order valence-corrected chi connectivity index (χ0v) is 15.0. The molecular formula is C17H25N5O3. The lowest BCUT2D eigenvalue weighted by Gasteiger charge is -2.23. The van der Waals surface area contributed by atoms with Gasteiger partial charge in [-0.2, -0.15) is 0 Å². The van der Waals surface area contributed by atoms with Gasteiger partial charge in [-0.15, -0.1) is 0 Å². The van der Waals surface area contributed by atoms with Gasteiger partial charge in [0.15, 0.2) is 0 Å². The summed E-state index contributed by atoms with van der Waals surface area (Å²) in [6, 6.07) is 3.36. The van der Waals surface area contributed by atoms with Crippen LogP contribution < -0.4 is 5.32 Å². The summed E-state index contributed by atoms with van der Waals surface area (Å²) >= 11 is 0. The lowest BCUT2D eigenvalue weighted by Crippen LogP contribution is -2.44. The summed E-state index contributed by atoms with van der Waals surface area (Å²) in [5.74, 6) is -0.244. The van der Waals surface area contributed by atoms with Gasteiger partial charge in [0, 0.05) is 46.5 Å². The van der Waals surface area contributed by atoms with E-state index in [0.717, 1.165) is 5.56 Å². The molecule has 0 atom stereocenters. The molecule has 1 aliphatic heterocycles. The molecule has 136 valence electrons. The molecule has 1 aromatic rings. The molecule has 1 fully saturated rings. The highest BCUT2D eigenvalue weighted by Gasteiger charge is 2.24. The molecule has 0 spiro atoms. The van der Waals surface area contributed by atoms with Crippen molar-refractivity contribution in [2.24, 2.45) is 0 Å². The Kier molecular flexibility index (Phi) is 6.32. The fourth-order valence-corrected chi connectivity index (χ4v) is 2.65. The predicted molar refractivity (Wildman–Crippen MR) is 93.2 cm³/mol. The van der Waals surface area contributed by atoms with Crippen molar-refractivity contribution >= 4 is 17.8 Å². The van der Waals surface area contributed by atoms with Crippen LogP contribution in [0, 0.1) is 6.92 Å². The minimum Gasteiger partial charge on any atom is -0.339 e. The minimum atomic E-state index is -0.300. The second kappa shape index (κ2) is 8.46. The van der Waals surface area contributed by atoms with E-state index in [1.54, 1.807) is 36.2 Å². The Morgan fingerprint density at radius 2 is 1.84 bits per heavy atom. The van der Waals surface area contributed by atoms with Crippen LogP contribution in [0.1, 0.15) is 22.5 Å². The van der Waals surface area contributed by atoms with Crippen molar-refractivity contribution in [1.82, 2.24) is 25.0 Å². The van der Waals surface area contributed by atoms with Crippen LogP contribution in [0.15, 0.2) is 18.3 Å². The number of amides is 4. The Labute approximate surface area is 147 Å². The third-order valence-electron chi connectivity index (χ3n) is 4.14. The monoisotopic (exact) mass is 347 g/mol. The summed E-state index contributed by atoms with van der Waals surface area (Å²) in [6.45, 7) is 3.90. The Balaban J connectivity index is 1.91. The number of nitrogens with zero attached hydrogens (tertiary/aromatic N) is 4. The molecule has 0 aromatic carbocycles. The van der Waals surface area contributed by atoms with Crippen molar-refractivity contribution in [3.63, 3.8) is 0 Å². The zero-order valence-electron chi connectivity index (χ0n) is 15.0. The summed E-state index contributed by atoms with van der Waals surface area (Å²) in [6.07, 6.45) is 2.31. The Morgan fingerprint density at radius 3 is 2.52 bits per heavy atom. The van der Waals surface area contributed by atoms with E-state index in [1.165, 1.54) is 4.90 Å². The lowest BCUT2D eigenvalue weighted by atomic mass is 10.2. The first-order valence-corrected chi connectivity index (χ1v) is 8.34.